The molecule has 0 aliphatic carbocycles. The van der Waals surface area contributed by atoms with Gasteiger partial charge in [0.25, 0.3) is 5.69 Å². The lowest BCUT2D eigenvalue weighted by atomic mass is 9.97. The number of nitro groups is 1. The average molecular weight is 277 g/mol. The third kappa shape index (κ3) is 2.76. The van der Waals surface area contributed by atoms with Crippen LogP contribution in [0.5, 0.6) is 0 Å². The third-order valence-corrected chi connectivity index (χ3v) is 3.28. The van der Waals surface area contributed by atoms with Crippen molar-refractivity contribution in [2.75, 3.05) is 5.73 Å². The summed E-state index contributed by atoms with van der Waals surface area (Å²) in [5.41, 5.74) is 6.03. The predicted octanol–water partition coefficient (Wildman–Crippen LogP) is 1.46. The number of likely N-dealkylation sites (tertiary alicyclic amines) is 1. The summed E-state index contributed by atoms with van der Waals surface area (Å²) in [5, 5.41) is 10.7. The first-order valence-corrected chi connectivity index (χ1v) is 6.24. The van der Waals surface area contributed by atoms with Gasteiger partial charge >= 0.3 is 0 Å². The number of nitrogens with two attached hydrogens (primary N) is 1. The van der Waals surface area contributed by atoms with Crippen molar-refractivity contribution < 1.29 is 14.5 Å². The molecular weight excluding hydrogens is 262 g/mol. The molecule has 1 aliphatic rings. The highest BCUT2D eigenvalue weighted by atomic mass is 16.6. The number of carbonyl (C=O) groups is 2. The van der Waals surface area contributed by atoms with E-state index in [0.717, 1.165) is 0 Å². The second kappa shape index (κ2) is 5.28. The van der Waals surface area contributed by atoms with E-state index in [-0.39, 0.29) is 35.7 Å². The zero-order chi connectivity index (χ0) is 14.9. The predicted molar refractivity (Wildman–Crippen MR) is 71.5 cm³/mol. The number of benzene rings is 1. The van der Waals surface area contributed by atoms with Crippen LogP contribution in [0.15, 0.2) is 18.2 Å². The highest BCUT2D eigenvalue weighted by molar-refractivity contribution is 5.97. The quantitative estimate of drug-likeness (QED) is 0.389. The molecule has 7 heteroatoms. The average Bonchev–Trinajstić information content (AvgIpc) is 2.33. The lowest BCUT2D eigenvalue weighted by Gasteiger charge is -2.28. The van der Waals surface area contributed by atoms with E-state index in [1.165, 1.54) is 23.1 Å². The van der Waals surface area contributed by atoms with Crippen LogP contribution in [0.4, 0.5) is 11.4 Å². The van der Waals surface area contributed by atoms with Gasteiger partial charge in [-0.15, -0.1) is 0 Å². The Labute approximate surface area is 115 Å². The van der Waals surface area contributed by atoms with E-state index in [9.17, 15) is 19.7 Å². The normalized spacial score (nSPS) is 16.6. The number of anilines is 1. The molecule has 1 heterocycles. The number of hydrogen-bond acceptors (Lipinski definition) is 5. The van der Waals surface area contributed by atoms with Crippen LogP contribution in [0.3, 0.4) is 0 Å². The van der Waals surface area contributed by atoms with Gasteiger partial charge in [-0.25, -0.2) is 0 Å². The van der Waals surface area contributed by atoms with Gasteiger partial charge in [-0.05, 0) is 17.5 Å². The number of imide groups is 1. The lowest BCUT2D eigenvalue weighted by Crippen LogP contribution is -2.42. The number of nitro benzene ring substituents is 1. The molecule has 0 radical (unpaired) electrons. The topological polar surface area (TPSA) is 107 Å². The van der Waals surface area contributed by atoms with Crippen molar-refractivity contribution in [1.82, 2.24) is 4.90 Å². The number of carbonyl (C=O) groups excluding carboxylic acids is 2. The van der Waals surface area contributed by atoms with E-state index >= 15 is 0 Å². The van der Waals surface area contributed by atoms with Crippen molar-refractivity contribution in [1.29, 1.82) is 0 Å². The maximum atomic E-state index is 11.8. The van der Waals surface area contributed by atoms with Crippen LogP contribution in [-0.4, -0.2) is 21.6 Å². The number of nitrogen functional groups attached to an aromatic ring is 1. The minimum Gasteiger partial charge on any atom is -0.393 e. The Morgan fingerprint density at radius 1 is 1.35 bits per heavy atom. The van der Waals surface area contributed by atoms with E-state index in [1.807, 2.05) is 6.92 Å². The van der Waals surface area contributed by atoms with Crippen molar-refractivity contribution in [2.24, 2.45) is 5.92 Å². The fraction of sp³-hybridized carbons (Fsp3) is 0.385. The summed E-state index contributed by atoms with van der Waals surface area (Å²) in [7, 11) is 0. The van der Waals surface area contributed by atoms with Crippen LogP contribution in [0.2, 0.25) is 0 Å². The molecule has 0 bridgehead atoms. The number of nitrogens with zero attached hydrogens (tertiary/aromatic N) is 2. The van der Waals surface area contributed by atoms with Crippen LogP contribution < -0.4 is 5.73 Å². The van der Waals surface area contributed by atoms with Gasteiger partial charge in [-0.3, -0.25) is 24.6 Å². The Hall–Kier alpha value is -2.44. The van der Waals surface area contributed by atoms with Crippen LogP contribution in [0.25, 0.3) is 0 Å². The summed E-state index contributed by atoms with van der Waals surface area (Å²) in [6.45, 7) is 1.96. The Bertz CT molecular complexity index is 567. The summed E-state index contributed by atoms with van der Waals surface area (Å²) in [4.78, 5) is 35.0. The summed E-state index contributed by atoms with van der Waals surface area (Å²) in [6.07, 6.45) is 0.683. The summed E-state index contributed by atoms with van der Waals surface area (Å²) >= 11 is 0. The molecule has 0 unspecified atom stereocenters. The molecule has 2 rings (SSSR count). The van der Waals surface area contributed by atoms with Crippen LogP contribution in [0, 0.1) is 16.0 Å². The SMILES string of the molecule is CC1CC(=O)N(Cc2ccc([N+](=O)[O-])c(N)c2)C(=O)C1. The fourth-order valence-electron chi connectivity index (χ4n) is 2.26. The Morgan fingerprint density at radius 3 is 2.45 bits per heavy atom. The first-order chi connectivity index (χ1) is 9.38. The zero-order valence-electron chi connectivity index (χ0n) is 11.0. The monoisotopic (exact) mass is 277 g/mol. The Morgan fingerprint density at radius 2 is 1.95 bits per heavy atom. The molecule has 1 aliphatic heterocycles. The Kier molecular flexibility index (Phi) is 3.69. The van der Waals surface area contributed by atoms with Gasteiger partial charge in [0, 0.05) is 18.9 Å². The van der Waals surface area contributed by atoms with Gasteiger partial charge < -0.3 is 5.73 Å². The number of hydrogen-bond donors (Lipinski definition) is 1. The maximum Gasteiger partial charge on any atom is 0.292 e. The largest absolute Gasteiger partial charge is 0.393 e. The highest BCUT2D eigenvalue weighted by Crippen LogP contribution is 2.25. The van der Waals surface area contributed by atoms with Crippen LogP contribution >= 0.6 is 0 Å². The van der Waals surface area contributed by atoms with E-state index < -0.39 is 4.92 Å². The molecule has 0 atom stereocenters. The summed E-state index contributed by atoms with van der Waals surface area (Å²) in [5.74, 6) is -0.371. The smallest absolute Gasteiger partial charge is 0.292 e. The molecule has 1 aromatic rings. The summed E-state index contributed by atoms with van der Waals surface area (Å²) < 4.78 is 0. The summed E-state index contributed by atoms with van der Waals surface area (Å²) in [6, 6.07) is 4.22. The molecule has 106 valence electrons. The molecule has 20 heavy (non-hydrogen) atoms. The molecule has 2 amide bonds. The van der Waals surface area contributed by atoms with Gasteiger partial charge in [0.2, 0.25) is 11.8 Å². The minimum absolute atomic E-state index is 0.0257. The zero-order valence-corrected chi connectivity index (χ0v) is 11.0. The Balaban J connectivity index is 2.18. The molecule has 0 aromatic heterocycles. The molecule has 1 aromatic carbocycles. The van der Waals surface area contributed by atoms with Crippen LogP contribution in [0.1, 0.15) is 25.3 Å². The fourth-order valence-corrected chi connectivity index (χ4v) is 2.26. The molecular formula is C13H15N3O4. The molecule has 1 saturated heterocycles. The third-order valence-electron chi connectivity index (χ3n) is 3.28. The van der Waals surface area contributed by atoms with E-state index in [1.54, 1.807) is 0 Å². The van der Waals surface area contributed by atoms with Gasteiger partial charge in [0.05, 0.1) is 11.5 Å². The highest BCUT2D eigenvalue weighted by Gasteiger charge is 2.30. The number of rotatable bonds is 3. The van der Waals surface area contributed by atoms with E-state index in [4.69, 9.17) is 5.73 Å². The van der Waals surface area contributed by atoms with Crippen molar-refractivity contribution in [3.8, 4) is 0 Å². The lowest BCUT2D eigenvalue weighted by molar-refractivity contribution is -0.383. The number of amides is 2. The molecule has 1 fully saturated rings. The van der Waals surface area contributed by atoms with Gasteiger partial charge in [0.1, 0.15) is 5.69 Å². The van der Waals surface area contributed by atoms with Crippen molar-refractivity contribution in [3.63, 3.8) is 0 Å². The second-order valence-electron chi connectivity index (χ2n) is 5.04. The van der Waals surface area contributed by atoms with Gasteiger partial charge in [-0.1, -0.05) is 13.0 Å². The second-order valence-corrected chi connectivity index (χ2v) is 5.04. The van der Waals surface area contributed by atoms with Crippen molar-refractivity contribution in [2.45, 2.75) is 26.3 Å². The molecule has 0 spiro atoms. The first kappa shape index (κ1) is 14.0. The van der Waals surface area contributed by atoms with Crippen molar-refractivity contribution in [3.05, 3.63) is 33.9 Å². The first-order valence-electron chi connectivity index (χ1n) is 6.24. The van der Waals surface area contributed by atoms with Gasteiger partial charge in [0.15, 0.2) is 0 Å². The maximum absolute atomic E-state index is 11.8. The van der Waals surface area contributed by atoms with Gasteiger partial charge in [-0.2, -0.15) is 0 Å². The van der Waals surface area contributed by atoms with E-state index in [0.29, 0.717) is 18.4 Å². The molecule has 7 nitrogen and oxygen atoms in total. The number of piperidine rings is 1. The minimum atomic E-state index is -0.571. The standard InChI is InChI=1S/C13H15N3O4/c1-8-4-12(17)15(13(18)5-8)7-9-2-3-11(16(19)20)10(14)6-9/h2-3,6,8H,4-5,7,14H2,1H3. The molecule has 2 N–H and O–H groups in total. The van der Waals surface area contributed by atoms with Crippen molar-refractivity contribution >= 4 is 23.2 Å². The molecule has 0 saturated carbocycles. The van der Waals surface area contributed by atoms with Crippen LogP contribution in [-0.2, 0) is 16.1 Å². The van der Waals surface area contributed by atoms with E-state index in [2.05, 4.69) is 0 Å².